The Morgan fingerprint density at radius 3 is 2.57 bits per heavy atom. The van der Waals surface area contributed by atoms with Gasteiger partial charge in [-0.1, -0.05) is 11.6 Å². The molecule has 1 aliphatic rings. The van der Waals surface area contributed by atoms with Crippen LogP contribution in [0.15, 0.2) is 18.3 Å². The molecule has 0 saturated carbocycles. The molecule has 1 amide bonds. The van der Waals surface area contributed by atoms with Crippen molar-refractivity contribution in [3.8, 4) is 17.4 Å². The highest BCUT2D eigenvalue weighted by molar-refractivity contribution is 7.91. The number of pyridine rings is 2. The van der Waals surface area contributed by atoms with E-state index in [0.717, 1.165) is 6.07 Å². The Hall–Kier alpha value is -3.13. The lowest BCUT2D eigenvalue weighted by molar-refractivity contribution is -0.153. The summed E-state index contributed by atoms with van der Waals surface area (Å²) in [6.07, 6.45) is -2.82. The summed E-state index contributed by atoms with van der Waals surface area (Å²) in [5.74, 6) is -1.05. The first-order chi connectivity index (χ1) is 17.1. The second kappa shape index (κ2) is 9.63. The molecule has 4 heterocycles. The number of rotatable bonds is 6. The lowest BCUT2D eigenvalue weighted by Crippen LogP contribution is -2.51. The third-order valence-electron chi connectivity index (χ3n) is 5.91. The monoisotopic (exact) mass is 561 g/mol. The minimum absolute atomic E-state index is 0.0191. The summed E-state index contributed by atoms with van der Waals surface area (Å²) in [7, 11) is -3.11. The molecule has 3 aromatic rings. The van der Waals surface area contributed by atoms with Crippen LogP contribution in [-0.4, -0.2) is 63.7 Å². The first-order valence-electron chi connectivity index (χ1n) is 11.1. The van der Waals surface area contributed by atoms with Crippen LogP contribution >= 0.6 is 11.6 Å². The van der Waals surface area contributed by atoms with Gasteiger partial charge in [0.25, 0.3) is 11.8 Å². The van der Waals surface area contributed by atoms with E-state index in [2.05, 4.69) is 20.4 Å². The number of amides is 1. The van der Waals surface area contributed by atoms with Gasteiger partial charge in [-0.05, 0) is 45.2 Å². The molecule has 1 N–H and O–H groups in total. The predicted molar refractivity (Wildman–Crippen MR) is 127 cm³/mol. The number of carbonyl (C=O) groups is 1. The average Bonchev–Trinajstić information content (AvgIpc) is 3.22. The van der Waals surface area contributed by atoms with Crippen molar-refractivity contribution in [2.75, 3.05) is 18.1 Å². The van der Waals surface area contributed by atoms with Gasteiger partial charge in [0.2, 0.25) is 5.82 Å². The zero-order valence-corrected chi connectivity index (χ0v) is 21.6. The number of sulfone groups is 1. The molecule has 1 saturated heterocycles. The van der Waals surface area contributed by atoms with Crippen molar-refractivity contribution in [2.45, 2.75) is 45.3 Å². The van der Waals surface area contributed by atoms with Crippen LogP contribution in [0.1, 0.15) is 41.6 Å². The normalized spacial score (nSPS) is 16.9. The van der Waals surface area contributed by atoms with Gasteiger partial charge < -0.3 is 14.8 Å². The van der Waals surface area contributed by atoms with Crippen LogP contribution < -0.4 is 14.8 Å². The molecule has 37 heavy (non-hydrogen) atoms. The predicted octanol–water partition coefficient (Wildman–Crippen LogP) is 3.83. The highest BCUT2D eigenvalue weighted by atomic mass is 35.5. The number of fused-ring (bicyclic) bond motifs is 1. The molecule has 4 rings (SSSR count). The Bertz CT molecular complexity index is 1460. The highest BCUT2D eigenvalue weighted by Crippen LogP contribution is 2.36. The fourth-order valence-corrected chi connectivity index (χ4v) is 5.72. The fourth-order valence-electron chi connectivity index (χ4n) is 3.84. The second-order valence-corrected chi connectivity index (χ2v) is 11.8. The zero-order valence-electron chi connectivity index (χ0n) is 20.0. The van der Waals surface area contributed by atoms with Gasteiger partial charge in [0, 0.05) is 17.8 Å². The van der Waals surface area contributed by atoms with Crippen molar-refractivity contribution in [2.24, 2.45) is 0 Å². The quantitative estimate of drug-likeness (QED) is 0.481. The molecule has 10 nitrogen and oxygen atoms in total. The summed E-state index contributed by atoms with van der Waals surface area (Å²) in [6, 6.07) is 2.75. The van der Waals surface area contributed by atoms with Crippen molar-refractivity contribution < 1.29 is 35.9 Å². The molecule has 0 atom stereocenters. The Balaban J connectivity index is 1.60. The number of halogens is 4. The molecule has 0 aromatic carbocycles. The van der Waals surface area contributed by atoms with Crippen molar-refractivity contribution in [1.82, 2.24) is 24.9 Å². The van der Waals surface area contributed by atoms with Crippen molar-refractivity contribution >= 4 is 33.0 Å². The Morgan fingerprint density at radius 1 is 1.24 bits per heavy atom. The number of alkyl halides is 3. The van der Waals surface area contributed by atoms with E-state index in [4.69, 9.17) is 21.1 Å². The second-order valence-electron chi connectivity index (χ2n) is 9.08. The van der Waals surface area contributed by atoms with Gasteiger partial charge in [-0.15, -0.1) is 5.10 Å². The fraction of sp³-hybridized carbons (Fsp3) is 0.455. The van der Waals surface area contributed by atoms with Gasteiger partial charge in [0.05, 0.1) is 22.2 Å². The van der Waals surface area contributed by atoms with Crippen molar-refractivity contribution in [1.29, 1.82) is 0 Å². The molecule has 200 valence electrons. The zero-order chi connectivity index (χ0) is 27.2. The maximum Gasteiger partial charge on any atom is 0.422 e. The standard InChI is InChI=1S/C22H23ClF3N5O5S/c1-12-8-16-28-18(19(32)29-21(3)4-6-37(33,34)7-5-21)30-31(16)13(2)17(12)36-20-15(9-14(23)10-27-20)35-11-22(24,25)26/h8-10H,4-7,11H2,1-3H3,(H,29,32). The van der Waals surface area contributed by atoms with Crippen LogP contribution in [0.3, 0.4) is 0 Å². The number of hydrogen-bond acceptors (Lipinski definition) is 8. The van der Waals surface area contributed by atoms with Crippen LogP contribution in [0, 0.1) is 13.8 Å². The summed E-state index contributed by atoms with van der Waals surface area (Å²) < 4.78 is 73.5. The minimum Gasteiger partial charge on any atom is -0.478 e. The number of carbonyl (C=O) groups excluding carboxylic acids is 1. The molecular formula is C22H23ClF3N5O5S. The third-order valence-corrected chi connectivity index (χ3v) is 7.76. The number of aryl methyl sites for hydroxylation is 2. The number of nitrogens with zero attached hydrogens (tertiary/aromatic N) is 4. The van der Waals surface area contributed by atoms with E-state index in [1.165, 1.54) is 10.7 Å². The van der Waals surface area contributed by atoms with Crippen molar-refractivity contribution in [3.05, 3.63) is 40.4 Å². The van der Waals surface area contributed by atoms with Gasteiger partial charge in [0.1, 0.15) is 9.84 Å². The molecule has 15 heteroatoms. The van der Waals surface area contributed by atoms with Crippen LogP contribution in [0.25, 0.3) is 5.65 Å². The van der Waals surface area contributed by atoms with Crippen LogP contribution in [-0.2, 0) is 9.84 Å². The minimum atomic E-state index is -4.58. The third kappa shape index (κ3) is 6.24. The molecule has 0 bridgehead atoms. The first-order valence-corrected chi connectivity index (χ1v) is 13.3. The number of hydrogen-bond donors (Lipinski definition) is 1. The van der Waals surface area contributed by atoms with E-state index in [-0.39, 0.29) is 52.6 Å². The summed E-state index contributed by atoms with van der Waals surface area (Å²) in [4.78, 5) is 21.1. The van der Waals surface area contributed by atoms with E-state index in [1.807, 2.05) is 0 Å². The smallest absolute Gasteiger partial charge is 0.422 e. The Kier molecular flexibility index (Phi) is 7.01. The maximum absolute atomic E-state index is 12.9. The lowest BCUT2D eigenvalue weighted by atomic mass is 9.95. The summed E-state index contributed by atoms with van der Waals surface area (Å²) in [5, 5.41) is 7.15. The molecule has 3 aromatic heterocycles. The van der Waals surface area contributed by atoms with E-state index < -0.39 is 34.1 Å². The van der Waals surface area contributed by atoms with Crippen LogP contribution in [0.2, 0.25) is 5.02 Å². The summed E-state index contributed by atoms with van der Waals surface area (Å²) in [6.45, 7) is 3.53. The molecule has 0 radical (unpaired) electrons. The van der Waals surface area contributed by atoms with Gasteiger partial charge in [-0.25, -0.2) is 22.9 Å². The Labute approximate surface area is 215 Å². The molecule has 0 spiro atoms. The number of ether oxygens (including phenoxy) is 2. The summed E-state index contributed by atoms with van der Waals surface area (Å²) in [5.41, 5.74) is 0.565. The molecule has 0 unspecified atom stereocenters. The number of aromatic nitrogens is 4. The van der Waals surface area contributed by atoms with E-state index in [0.29, 0.717) is 16.9 Å². The Morgan fingerprint density at radius 2 is 1.92 bits per heavy atom. The SMILES string of the molecule is Cc1cc2nc(C(=O)NC3(C)CCS(=O)(=O)CC3)nn2c(C)c1Oc1ncc(Cl)cc1OCC(F)(F)F. The maximum atomic E-state index is 12.9. The van der Waals surface area contributed by atoms with Gasteiger partial charge in [-0.3, -0.25) is 4.79 Å². The van der Waals surface area contributed by atoms with Crippen LogP contribution in [0.5, 0.6) is 17.4 Å². The highest BCUT2D eigenvalue weighted by Gasteiger charge is 2.35. The average molecular weight is 562 g/mol. The molecule has 0 aliphatic carbocycles. The first kappa shape index (κ1) is 26.9. The van der Waals surface area contributed by atoms with Crippen molar-refractivity contribution in [3.63, 3.8) is 0 Å². The van der Waals surface area contributed by atoms with Gasteiger partial charge in [-0.2, -0.15) is 13.2 Å². The molecular weight excluding hydrogens is 539 g/mol. The topological polar surface area (TPSA) is 125 Å². The van der Waals surface area contributed by atoms with E-state index >= 15 is 0 Å². The van der Waals surface area contributed by atoms with Gasteiger partial charge in [0.15, 0.2) is 23.8 Å². The molecule has 1 aliphatic heterocycles. The van der Waals surface area contributed by atoms with Crippen LogP contribution in [0.4, 0.5) is 13.2 Å². The summed E-state index contributed by atoms with van der Waals surface area (Å²) >= 11 is 5.87. The van der Waals surface area contributed by atoms with E-state index in [9.17, 15) is 26.4 Å². The van der Waals surface area contributed by atoms with Gasteiger partial charge >= 0.3 is 6.18 Å². The van der Waals surface area contributed by atoms with E-state index in [1.54, 1.807) is 26.8 Å². The molecule has 1 fully saturated rings. The number of nitrogens with one attached hydrogen (secondary N) is 1. The largest absolute Gasteiger partial charge is 0.478 e. The lowest BCUT2D eigenvalue weighted by Gasteiger charge is -2.33.